The summed E-state index contributed by atoms with van der Waals surface area (Å²) in [5.74, 6) is 0.979. The van der Waals surface area contributed by atoms with Crippen molar-refractivity contribution in [1.82, 2.24) is 0 Å². The second-order valence-electron chi connectivity index (χ2n) is 4.93. The summed E-state index contributed by atoms with van der Waals surface area (Å²) in [6.45, 7) is 2.40. The molecule has 1 aromatic carbocycles. The predicted octanol–water partition coefficient (Wildman–Crippen LogP) is 2.34. The van der Waals surface area contributed by atoms with Crippen LogP contribution in [0.2, 0.25) is 0 Å². The average molecular weight is 206 g/mol. The number of hydrogen-bond donors (Lipinski definition) is 2. The van der Waals surface area contributed by atoms with Gasteiger partial charge in [0, 0.05) is 6.61 Å². The molecule has 0 radical (unpaired) electrons. The van der Waals surface area contributed by atoms with Gasteiger partial charge in [-0.2, -0.15) is 0 Å². The van der Waals surface area contributed by atoms with E-state index < -0.39 is 0 Å². The second kappa shape index (κ2) is 3.86. The van der Waals surface area contributed by atoms with Crippen LogP contribution in [-0.4, -0.2) is 16.8 Å². The third kappa shape index (κ3) is 2.32. The van der Waals surface area contributed by atoms with Gasteiger partial charge in [0.1, 0.15) is 5.75 Å². The first kappa shape index (κ1) is 10.5. The first-order valence-corrected chi connectivity index (χ1v) is 5.53. The van der Waals surface area contributed by atoms with Gasteiger partial charge in [-0.15, -0.1) is 0 Å². The van der Waals surface area contributed by atoms with Crippen molar-refractivity contribution in [3.8, 4) is 5.75 Å². The van der Waals surface area contributed by atoms with Crippen molar-refractivity contribution >= 4 is 0 Å². The van der Waals surface area contributed by atoms with Crippen molar-refractivity contribution < 1.29 is 10.2 Å². The van der Waals surface area contributed by atoms with E-state index in [-0.39, 0.29) is 12.0 Å². The normalized spacial score (nSPS) is 19.9. The predicted molar refractivity (Wildman–Crippen MR) is 59.7 cm³/mol. The van der Waals surface area contributed by atoms with Crippen molar-refractivity contribution in [2.45, 2.75) is 26.2 Å². The Bertz CT molecular complexity index is 327. The van der Waals surface area contributed by atoms with Crippen LogP contribution in [0.15, 0.2) is 24.3 Å². The van der Waals surface area contributed by atoms with Crippen molar-refractivity contribution in [2.24, 2.45) is 11.3 Å². The van der Waals surface area contributed by atoms with Gasteiger partial charge in [-0.3, -0.25) is 0 Å². The van der Waals surface area contributed by atoms with E-state index in [9.17, 15) is 10.2 Å². The van der Waals surface area contributed by atoms with E-state index >= 15 is 0 Å². The van der Waals surface area contributed by atoms with Gasteiger partial charge < -0.3 is 10.2 Å². The molecule has 1 fully saturated rings. The molecule has 1 atom stereocenters. The maximum absolute atomic E-state index is 9.46. The third-order valence-corrected chi connectivity index (χ3v) is 3.47. The van der Waals surface area contributed by atoms with Crippen LogP contribution in [0.4, 0.5) is 0 Å². The van der Waals surface area contributed by atoms with Crippen LogP contribution in [-0.2, 0) is 6.42 Å². The molecule has 2 nitrogen and oxygen atoms in total. The summed E-state index contributed by atoms with van der Waals surface area (Å²) in [5.41, 5.74) is 1.22. The lowest BCUT2D eigenvalue weighted by molar-refractivity contribution is 0.119. The molecule has 82 valence electrons. The number of phenolic OH excluding ortho intramolecular Hbond substituents is 1. The fourth-order valence-corrected chi connectivity index (χ4v) is 2.19. The van der Waals surface area contributed by atoms with Crippen LogP contribution >= 0.6 is 0 Å². The average Bonchev–Trinajstić information content (AvgIpc) is 3.05. The van der Waals surface area contributed by atoms with Gasteiger partial charge in [0.05, 0.1) is 0 Å². The van der Waals surface area contributed by atoms with Crippen LogP contribution < -0.4 is 0 Å². The Morgan fingerprint density at radius 3 is 2.33 bits per heavy atom. The molecule has 1 aliphatic rings. The van der Waals surface area contributed by atoms with E-state index in [1.807, 2.05) is 12.1 Å². The molecule has 1 aliphatic carbocycles. The minimum atomic E-state index is 0.0248. The Balaban J connectivity index is 2.09. The zero-order valence-corrected chi connectivity index (χ0v) is 9.11. The zero-order valence-electron chi connectivity index (χ0n) is 9.11. The van der Waals surface area contributed by atoms with Crippen LogP contribution in [0.3, 0.4) is 0 Å². The molecular weight excluding hydrogens is 188 g/mol. The van der Waals surface area contributed by atoms with Crippen LogP contribution in [0.5, 0.6) is 5.75 Å². The molecule has 0 spiro atoms. The smallest absolute Gasteiger partial charge is 0.115 e. The summed E-state index contributed by atoms with van der Waals surface area (Å²) < 4.78 is 0. The second-order valence-corrected chi connectivity index (χ2v) is 4.93. The molecule has 0 aliphatic heterocycles. The van der Waals surface area contributed by atoms with Gasteiger partial charge in [0.15, 0.2) is 0 Å². The largest absolute Gasteiger partial charge is 0.508 e. The summed E-state index contributed by atoms with van der Waals surface area (Å²) in [5, 5.41) is 18.6. The summed E-state index contributed by atoms with van der Waals surface area (Å²) in [6, 6.07) is 7.29. The van der Waals surface area contributed by atoms with Crippen LogP contribution in [0.1, 0.15) is 25.3 Å². The molecule has 1 saturated carbocycles. The zero-order chi connectivity index (χ0) is 10.9. The SMILES string of the molecule is CC(CO)(Cc1ccc(O)cc1)C1CC1. The standard InChI is InChI=1S/C13H18O2/c1-13(9-14,11-4-5-11)8-10-2-6-12(15)7-3-10/h2-3,6-7,11,14-15H,4-5,8-9H2,1H3. The van der Waals surface area contributed by atoms with Gasteiger partial charge in [0.25, 0.3) is 0 Å². The van der Waals surface area contributed by atoms with E-state index in [0.717, 1.165) is 6.42 Å². The molecule has 0 aromatic heterocycles. The van der Waals surface area contributed by atoms with Crippen molar-refractivity contribution in [2.75, 3.05) is 6.61 Å². The molecule has 1 aromatic rings. The van der Waals surface area contributed by atoms with E-state index in [1.54, 1.807) is 12.1 Å². The number of aliphatic hydroxyl groups excluding tert-OH is 1. The molecule has 0 heterocycles. The minimum absolute atomic E-state index is 0.0248. The Hall–Kier alpha value is -1.02. The number of benzene rings is 1. The molecule has 0 saturated heterocycles. The van der Waals surface area contributed by atoms with Gasteiger partial charge >= 0.3 is 0 Å². The Labute approximate surface area is 90.6 Å². The summed E-state index contributed by atoms with van der Waals surface area (Å²) >= 11 is 0. The lowest BCUT2D eigenvalue weighted by atomic mass is 9.80. The number of aliphatic hydroxyl groups is 1. The summed E-state index contributed by atoms with van der Waals surface area (Å²) in [4.78, 5) is 0. The topological polar surface area (TPSA) is 40.5 Å². The van der Waals surface area contributed by atoms with Crippen molar-refractivity contribution in [3.63, 3.8) is 0 Å². The molecule has 0 bridgehead atoms. The van der Waals surface area contributed by atoms with Gasteiger partial charge in [-0.1, -0.05) is 19.1 Å². The quantitative estimate of drug-likeness (QED) is 0.793. The summed E-state index contributed by atoms with van der Waals surface area (Å²) in [7, 11) is 0. The number of rotatable bonds is 4. The Morgan fingerprint density at radius 1 is 1.27 bits per heavy atom. The highest BCUT2D eigenvalue weighted by molar-refractivity contribution is 5.26. The highest BCUT2D eigenvalue weighted by Gasteiger charge is 2.40. The molecular formula is C13H18O2. The van der Waals surface area contributed by atoms with Gasteiger partial charge in [-0.25, -0.2) is 0 Å². The molecule has 2 rings (SSSR count). The molecule has 0 amide bonds. The molecule has 1 unspecified atom stereocenters. The number of hydrogen-bond acceptors (Lipinski definition) is 2. The Kier molecular flexibility index (Phi) is 2.70. The van der Waals surface area contributed by atoms with E-state index in [0.29, 0.717) is 11.7 Å². The maximum Gasteiger partial charge on any atom is 0.115 e. The highest BCUT2D eigenvalue weighted by atomic mass is 16.3. The maximum atomic E-state index is 9.46. The van der Waals surface area contributed by atoms with E-state index in [1.165, 1.54) is 18.4 Å². The van der Waals surface area contributed by atoms with Crippen molar-refractivity contribution in [3.05, 3.63) is 29.8 Å². The highest BCUT2D eigenvalue weighted by Crippen LogP contribution is 2.47. The lowest BCUT2D eigenvalue weighted by Gasteiger charge is -2.27. The first-order valence-electron chi connectivity index (χ1n) is 5.53. The van der Waals surface area contributed by atoms with E-state index in [2.05, 4.69) is 6.92 Å². The van der Waals surface area contributed by atoms with Gasteiger partial charge in [0.2, 0.25) is 0 Å². The van der Waals surface area contributed by atoms with Crippen LogP contribution in [0.25, 0.3) is 0 Å². The molecule has 15 heavy (non-hydrogen) atoms. The molecule has 2 heteroatoms. The Morgan fingerprint density at radius 2 is 1.87 bits per heavy atom. The van der Waals surface area contributed by atoms with Crippen molar-refractivity contribution in [1.29, 1.82) is 0 Å². The lowest BCUT2D eigenvalue weighted by Crippen LogP contribution is -2.26. The van der Waals surface area contributed by atoms with Crippen LogP contribution in [0, 0.1) is 11.3 Å². The minimum Gasteiger partial charge on any atom is -0.508 e. The molecule has 2 N–H and O–H groups in total. The fraction of sp³-hybridized carbons (Fsp3) is 0.538. The monoisotopic (exact) mass is 206 g/mol. The fourth-order valence-electron chi connectivity index (χ4n) is 2.19. The summed E-state index contributed by atoms with van der Waals surface area (Å²) in [6.07, 6.45) is 3.39. The first-order chi connectivity index (χ1) is 7.14. The van der Waals surface area contributed by atoms with Gasteiger partial charge in [-0.05, 0) is 48.3 Å². The van der Waals surface area contributed by atoms with E-state index in [4.69, 9.17) is 0 Å². The number of aromatic hydroxyl groups is 1. The third-order valence-electron chi connectivity index (χ3n) is 3.47. The number of phenols is 1.